The molecular formula is C12H19N3O. The van der Waals surface area contributed by atoms with Gasteiger partial charge in [0.05, 0.1) is 17.6 Å². The smallest absolute Gasteiger partial charge is 0.129 e. The van der Waals surface area contributed by atoms with Crippen LogP contribution in [0.4, 0.5) is 0 Å². The van der Waals surface area contributed by atoms with E-state index in [4.69, 9.17) is 15.6 Å². The zero-order chi connectivity index (χ0) is 11.4. The third-order valence-electron chi connectivity index (χ3n) is 3.23. The van der Waals surface area contributed by atoms with Gasteiger partial charge in [-0.3, -0.25) is 5.41 Å². The summed E-state index contributed by atoms with van der Waals surface area (Å²) in [5, 5.41) is 11.2. The van der Waals surface area contributed by atoms with Crippen LogP contribution in [0.25, 0.3) is 0 Å². The second-order valence-electron chi connectivity index (χ2n) is 4.41. The first-order chi connectivity index (χ1) is 7.77. The van der Waals surface area contributed by atoms with E-state index in [-0.39, 0.29) is 5.54 Å². The molecule has 0 radical (unpaired) electrons. The number of nitrogens with one attached hydrogen (secondary N) is 2. The van der Waals surface area contributed by atoms with Crippen LogP contribution in [0.5, 0.6) is 0 Å². The van der Waals surface area contributed by atoms with Gasteiger partial charge in [-0.25, -0.2) is 0 Å². The second kappa shape index (κ2) is 4.70. The minimum Gasteiger partial charge on any atom is -0.467 e. The number of nitrogens with two attached hydrogens (primary N) is 1. The van der Waals surface area contributed by atoms with Gasteiger partial charge in [0, 0.05) is 6.42 Å². The number of amidine groups is 1. The van der Waals surface area contributed by atoms with Gasteiger partial charge in [0.1, 0.15) is 5.76 Å². The van der Waals surface area contributed by atoms with E-state index in [1.165, 1.54) is 0 Å². The van der Waals surface area contributed by atoms with E-state index < -0.39 is 0 Å². The molecule has 0 bridgehead atoms. The molecule has 88 valence electrons. The Morgan fingerprint density at radius 3 is 3.06 bits per heavy atom. The second-order valence-corrected chi connectivity index (χ2v) is 4.41. The first kappa shape index (κ1) is 11.2. The van der Waals surface area contributed by atoms with E-state index in [1.807, 2.05) is 12.1 Å². The molecular weight excluding hydrogens is 202 g/mol. The van der Waals surface area contributed by atoms with Gasteiger partial charge >= 0.3 is 0 Å². The van der Waals surface area contributed by atoms with Gasteiger partial charge in [-0.15, -0.1) is 0 Å². The highest BCUT2D eigenvalue weighted by Crippen LogP contribution is 2.33. The zero-order valence-electron chi connectivity index (χ0n) is 9.46. The van der Waals surface area contributed by atoms with Gasteiger partial charge in [0.25, 0.3) is 0 Å². The third-order valence-corrected chi connectivity index (χ3v) is 3.23. The highest BCUT2D eigenvalue weighted by molar-refractivity contribution is 5.80. The van der Waals surface area contributed by atoms with Crippen molar-refractivity contribution in [2.45, 2.75) is 37.6 Å². The average Bonchev–Trinajstić information content (AvgIpc) is 2.72. The van der Waals surface area contributed by atoms with Crippen LogP contribution in [0.1, 0.15) is 37.9 Å². The summed E-state index contributed by atoms with van der Waals surface area (Å²) >= 11 is 0. The van der Waals surface area contributed by atoms with Crippen LogP contribution in [-0.4, -0.2) is 12.4 Å². The summed E-state index contributed by atoms with van der Waals surface area (Å²) < 4.78 is 5.52. The summed E-state index contributed by atoms with van der Waals surface area (Å²) in [5.74, 6) is 1.51. The van der Waals surface area contributed by atoms with Gasteiger partial charge in [-0.2, -0.15) is 0 Å². The molecule has 0 aliphatic carbocycles. The fraction of sp³-hybridized carbons (Fsp3) is 0.583. The van der Waals surface area contributed by atoms with E-state index in [0.29, 0.717) is 12.4 Å². The minimum atomic E-state index is -0.258. The van der Waals surface area contributed by atoms with E-state index in [1.54, 1.807) is 6.26 Å². The van der Waals surface area contributed by atoms with Crippen LogP contribution in [-0.2, 0) is 5.54 Å². The summed E-state index contributed by atoms with van der Waals surface area (Å²) in [4.78, 5) is 0. The van der Waals surface area contributed by atoms with E-state index in [2.05, 4.69) is 5.32 Å². The molecule has 1 aromatic rings. The van der Waals surface area contributed by atoms with Crippen LogP contribution < -0.4 is 11.1 Å². The van der Waals surface area contributed by atoms with E-state index in [0.717, 1.165) is 37.9 Å². The maximum Gasteiger partial charge on any atom is 0.129 e. The first-order valence-electron chi connectivity index (χ1n) is 5.86. The Labute approximate surface area is 95.7 Å². The van der Waals surface area contributed by atoms with Crippen molar-refractivity contribution >= 4 is 5.84 Å². The lowest BCUT2D eigenvalue weighted by molar-refractivity contribution is 0.273. The quantitative estimate of drug-likeness (QED) is 0.730. The van der Waals surface area contributed by atoms with Crippen molar-refractivity contribution in [1.29, 1.82) is 5.41 Å². The Bertz CT molecular complexity index is 347. The topological polar surface area (TPSA) is 75.0 Å². The van der Waals surface area contributed by atoms with Crippen molar-refractivity contribution in [3.05, 3.63) is 24.2 Å². The molecule has 4 heteroatoms. The van der Waals surface area contributed by atoms with Crippen LogP contribution >= 0.6 is 0 Å². The average molecular weight is 221 g/mol. The standard InChI is InChI=1S/C12H19N3O/c13-8-7-12(10-4-3-9-16-10)6-2-1-5-11(14)15-12/h3-4,9H,1-2,5-8,13H2,(H2,14,15). The Kier molecular flexibility index (Phi) is 3.29. The minimum absolute atomic E-state index is 0.258. The molecule has 2 rings (SSSR count). The molecule has 4 nitrogen and oxygen atoms in total. The van der Waals surface area contributed by atoms with E-state index >= 15 is 0 Å². The molecule has 1 saturated heterocycles. The van der Waals surface area contributed by atoms with Crippen LogP contribution in [0.3, 0.4) is 0 Å². The molecule has 1 unspecified atom stereocenters. The Morgan fingerprint density at radius 2 is 2.38 bits per heavy atom. The fourth-order valence-electron chi connectivity index (χ4n) is 2.44. The molecule has 4 N–H and O–H groups in total. The van der Waals surface area contributed by atoms with Crippen molar-refractivity contribution in [3.63, 3.8) is 0 Å². The maximum absolute atomic E-state index is 7.87. The molecule has 0 amide bonds. The molecule has 1 aliphatic heterocycles. The van der Waals surface area contributed by atoms with Gasteiger partial charge in [0.2, 0.25) is 0 Å². The van der Waals surface area contributed by atoms with Crippen LogP contribution in [0.15, 0.2) is 22.8 Å². The lowest BCUT2D eigenvalue weighted by Crippen LogP contribution is -2.45. The van der Waals surface area contributed by atoms with Crippen LogP contribution in [0.2, 0.25) is 0 Å². The number of hydrogen-bond donors (Lipinski definition) is 3. The van der Waals surface area contributed by atoms with Crippen molar-refractivity contribution in [1.82, 2.24) is 5.32 Å². The predicted octanol–water partition coefficient (Wildman–Crippen LogP) is 1.96. The molecule has 1 aromatic heterocycles. The van der Waals surface area contributed by atoms with Gasteiger partial charge < -0.3 is 15.5 Å². The predicted molar refractivity (Wildman–Crippen MR) is 63.4 cm³/mol. The van der Waals surface area contributed by atoms with E-state index in [9.17, 15) is 0 Å². The van der Waals surface area contributed by atoms with Crippen molar-refractivity contribution < 1.29 is 4.42 Å². The summed E-state index contributed by atoms with van der Waals surface area (Å²) in [6.45, 7) is 0.598. The molecule has 0 aromatic carbocycles. The Balaban J connectivity index is 2.29. The molecule has 1 aliphatic rings. The Morgan fingerprint density at radius 1 is 1.50 bits per heavy atom. The number of furan rings is 1. The molecule has 16 heavy (non-hydrogen) atoms. The van der Waals surface area contributed by atoms with Crippen LogP contribution in [0, 0.1) is 5.41 Å². The summed E-state index contributed by atoms with van der Waals surface area (Å²) in [6, 6.07) is 3.87. The largest absolute Gasteiger partial charge is 0.467 e. The Hall–Kier alpha value is -1.29. The number of rotatable bonds is 3. The summed E-state index contributed by atoms with van der Waals surface area (Å²) in [5.41, 5.74) is 5.44. The molecule has 1 fully saturated rings. The lowest BCUT2D eigenvalue weighted by Gasteiger charge is -2.32. The maximum atomic E-state index is 7.87. The third kappa shape index (κ3) is 2.11. The lowest BCUT2D eigenvalue weighted by atomic mass is 9.87. The molecule has 0 spiro atoms. The van der Waals surface area contributed by atoms with Gasteiger partial charge in [-0.05, 0) is 37.9 Å². The number of hydrogen-bond acceptors (Lipinski definition) is 3. The first-order valence-corrected chi connectivity index (χ1v) is 5.86. The SMILES string of the molecule is N=C1CCCCC(CCN)(c2ccco2)N1. The summed E-state index contributed by atoms with van der Waals surface area (Å²) in [7, 11) is 0. The van der Waals surface area contributed by atoms with Crippen molar-refractivity contribution in [2.24, 2.45) is 5.73 Å². The van der Waals surface area contributed by atoms with Crippen molar-refractivity contribution in [3.8, 4) is 0 Å². The molecule has 0 saturated carbocycles. The zero-order valence-corrected chi connectivity index (χ0v) is 9.46. The van der Waals surface area contributed by atoms with Crippen molar-refractivity contribution in [2.75, 3.05) is 6.54 Å². The molecule has 1 atom stereocenters. The normalized spacial score (nSPS) is 26.2. The highest BCUT2D eigenvalue weighted by atomic mass is 16.3. The van der Waals surface area contributed by atoms with Gasteiger partial charge in [0.15, 0.2) is 0 Å². The summed E-state index contributed by atoms with van der Waals surface area (Å²) in [6.07, 6.45) is 6.48. The van der Waals surface area contributed by atoms with Gasteiger partial charge in [-0.1, -0.05) is 6.42 Å². The monoisotopic (exact) mass is 221 g/mol. The molecule has 2 heterocycles. The highest BCUT2D eigenvalue weighted by Gasteiger charge is 2.35. The fourth-order valence-corrected chi connectivity index (χ4v) is 2.44.